The van der Waals surface area contributed by atoms with Crippen LogP contribution in [0.25, 0.3) is 105 Å². The molecule has 0 atom stereocenters. The van der Waals surface area contributed by atoms with Gasteiger partial charge in [0.1, 0.15) is 0 Å². The molecule has 0 aliphatic carbocycles. The fourth-order valence-electron chi connectivity index (χ4n) is 14.0. The molecule has 0 unspecified atom stereocenters. The van der Waals surface area contributed by atoms with E-state index in [0.29, 0.717) is 0 Å². The molecule has 15 aromatic rings. The Bertz CT molecular complexity index is 4780. The maximum Gasteiger partial charge on any atom is 0.252 e. The molecular formula is C82H54BN5. The van der Waals surface area contributed by atoms with Crippen molar-refractivity contribution in [1.82, 2.24) is 14.5 Å². The van der Waals surface area contributed by atoms with E-state index < -0.39 is 0 Å². The minimum atomic E-state index is -0.254. The summed E-state index contributed by atoms with van der Waals surface area (Å²) in [4.78, 5) is 15.5. The van der Waals surface area contributed by atoms with Crippen LogP contribution in [0.2, 0.25) is 0 Å². The molecule has 5 heterocycles. The number of anilines is 6. The number of fused-ring (bicyclic) bond motifs is 7. The zero-order valence-electron chi connectivity index (χ0n) is 48.0. The van der Waals surface area contributed by atoms with E-state index in [4.69, 9.17) is 9.97 Å². The molecule has 0 bridgehead atoms. The quantitative estimate of drug-likeness (QED) is 0.128. The minimum Gasteiger partial charge on any atom is -0.310 e. The zero-order chi connectivity index (χ0) is 58.1. The van der Waals surface area contributed by atoms with Crippen molar-refractivity contribution < 1.29 is 0 Å². The zero-order valence-corrected chi connectivity index (χ0v) is 48.0. The van der Waals surface area contributed by atoms with Crippen LogP contribution in [-0.4, -0.2) is 21.2 Å². The van der Waals surface area contributed by atoms with Crippen LogP contribution in [0.1, 0.15) is 0 Å². The van der Waals surface area contributed by atoms with Gasteiger partial charge >= 0.3 is 0 Å². The molecule has 0 amide bonds. The van der Waals surface area contributed by atoms with Gasteiger partial charge in [0.2, 0.25) is 0 Å². The summed E-state index contributed by atoms with van der Waals surface area (Å²) in [6.45, 7) is -0.254. The molecule has 410 valence electrons. The van der Waals surface area contributed by atoms with E-state index in [9.17, 15) is 0 Å². The first-order chi connectivity index (χ1) is 43.7. The molecule has 5 nitrogen and oxygen atoms in total. The van der Waals surface area contributed by atoms with Crippen LogP contribution in [0.5, 0.6) is 0 Å². The first kappa shape index (κ1) is 50.9. The third kappa shape index (κ3) is 8.40. The van der Waals surface area contributed by atoms with Crippen LogP contribution in [0.4, 0.5) is 34.1 Å². The van der Waals surface area contributed by atoms with Crippen LogP contribution in [0, 0.1) is 0 Å². The molecule has 3 aromatic heterocycles. The smallest absolute Gasteiger partial charge is 0.252 e. The monoisotopic (exact) mass is 1120 g/mol. The second-order valence-corrected chi connectivity index (χ2v) is 22.9. The lowest BCUT2D eigenvalue weighted by Gasteiger charge is -2.46. The Kier molecular flexibility index (Phi) is 12.2. The molecule has 0 saturated carbocycles. The van der Waals surface area contributed by atoms with Crippen molar-refractivity contribution in [2.45, 2.75) is 0 Å². The van der Waals surface area contributed by atoms with E-state index in [-0.39, 0.29) is 6.71 Å². The number of benzene rings is 12. The number of hydrogen-bond acceptors (Lipinski definition) is 4. The highest BCUT2D eigenvalue weighted by molar-refractivity contribution is 7.00. The average Bonchev–Trinajstić information content (AvgIpc) is 0.761. The summed E-state index contributed by atoms with van der Waals surface area (Å²) in [5, 5.41) is 2.37. The lowest BCUT2D eigenvalue weighted by atomic mass is 9.33. The van der Waals surface area contributed by atoms with Gasteiger partial charge in [-0.3, -0.25) is 9.97 Å². The van der Waals surface area contributed by atoms with Gasteiger partial charge in [-0.25, -0.2) is 0 Å². The molecule has 6 heteroatoms. The van der Waals surface area contributed by atoms with Crippen molar-refractivity contribution in [3.05, 3.63) is 328 Å². The molecule has 2 aliphatic rings. The third-order valence-corrected chi connectivity index (χ3v) is 17.9. The molecular weight excluding hydrogens is 1070 g/mol. The van der Waals surface area contributed by atoms with Gasteiger partial charge in [-0.2, -0.15) is 0 Å². The Morgan fingerprint density at radius 3 is 0.977 bits per heavy atom. The summed E-state index contributed by atoms with van der Waals surface area (Å²) in [7, 11) is 0. The van der Waals surface area contributed by atoms with Gasteiger partial charge in [0.15, 0.2) is 0 Å². The normalized spacial score (nSPS) is 12.2. The second kappa shape index (κ2) is 21.2. The van der Waals surface area contributed by atoms with Gasteiger partial charge in [-0.1, -0.05) is 267 Å². The Morgan fingerprint density at radius 1 is 0.250 bits per heavy atom. The van der Waals surface area contributed by atoms with E-state index >= 15 is 0 Å². The fraction of sp³-hybridized carbons (Fsp3) is 0. The molecule has 2 aliphatic heterocycles. The summed E-state index contributed by atoms with van der Waals surface area (Å²) >= 11 is 0. The molecule has 0 fully saturated rings. The SMILES string of the molecule is c1ccc(-c2ccc3c(c2)B2c4cc(-c5ccccc5)ccc4N(c4c(-c5ccccc5)cncc4-c4ccccc4)c4cc(-n5c6ccccc6c6ccc(-c7ccccc7)cc65)cc(c42)N3c2c(-c3ccccc3)cncc2-c2ccccc2)cc1. The predicted octanol–water partition coefficient (Wildman–Crippen LogP) is 19.3. The van der Waals surface area contributed by atoms with Crippen molar-refractivity contribution in [1.29, 1.82) is 0 Å². The fourth-order valence-corrected chi connectivity index (χ4v) is 14.0. The Labute approximate surface area is 512 Å². The second-order valence-electron chi connectivity index (χ2n) is 22.9. The third-order valence-electron chi connectivity index (χ3n) is 17.9. The van der Waals surface area contributed by atoms with E-state index in [0.717, 1.165) is 123 Å². The number of hydrogen-bond donors (Lipinski definition) is 0. The number of para-hydroxylation sites is 1. The van der Waals surface area contributed by atoms with Gasteiger partial charge < -0.3 is 14.4 Å². The highest BCUT2D eigenvalue weighted by atomic mass is 15.2. The number of nitrogens with zero attached hydrogens (tertiary/aromatic N) is 5. The Morgan fingerprint density at radius 2 is 0.580 bits per heavy atom. The molecule has 0 saturated heterocycles. The lowest BCUT2D eigenvalue weighted by Crippen LogP contribution is -2.61. The molecule has 0 N–H and O–H groups in total. The van der Waals surface area contributed by atoms with Crippen LogP contribution >= 0.6 is 0 Å². The average molecular weight is 1120 g/mol. The van der Waals surface area contributed by atoms with Crippen molar-refractivity contribution >= 4 is 79.0 Å². The van der Waals surface area contributed by atoms with Gasteiger partial charge in [-0.15, -0.1) is 0 Å². The highest BCUT2D eigenvalue weighted by Crippen LogP contribution is 2.54. The molecule has 88 heavy (non-hydrogen) atoms. The van der Waals surface area contributed by atoms with Crippen LogP contribution in [-0.2, 0) is 0 Å². The number of aromatic nitrogens is 3. The van der Waals surface area contributed by atoms with Crippen LogP contribution in [0.15, 0.2) is 328 Å². The Hall–Kier alpha value is -11.6. The van der Waals surface area contributed by atoms with Gasteiger partial charge in [0.25, 0.3) is 6.71 Å². The van der Waals surface area contributed by atoms with Crippen molar-refractivity contribution in [2.24, 2.45) is 0 Å². The summed E-state index contributed by atoms with van der Waals surface area (Å²) in [6.07, 6.45) is 8.27. The summed E-state index contributed by atoms with van der Waals surface area (Å²) in [5.74, 6) is 0. The molecule has 12 aromatic carbocycles. The maximum atomic E-state index is 5.13. The Balaban J connectivity index is 1.08. The number of pyridine rings is 2. The van der Waals surface area contributed by atoms with E-state index in [1.165, 1.54) is 32.7 Å². The molecule has 17 rings (SSSR count). The summed E-state index contributed by atoms with van der Waals surface area (Å²) in [6, 6.07) is 111. The largest absolute Gasteiger partial charge is 0.310 e. The highest BCUT2D eigenvalue weighted by Gasteiger charge is 2.46. The van der Waals surface area contributed by atoms with Gasteiger partial charge in [0, 0.05) is 80.6 Å². The van der Waals surface area contributed by atoms with E-state index in [2.05, 4.69) is 342 Å². The summed E-state index contributed by atoms with van der Waals surface area (Å²) in [5.41, 5.74) is 28.6. The summed E-state index contributed by atoms with van der Waals surface area (Å²) < 4.78 is 2.52. The number of rotatable bonds is 10. The standard InChI is InChI=1S/C82H54BN5/c1-8-24-55(25-9-1)62-41-44-75-72(46-62)83-73-47-63(56-26-10-2-11-27-56)42-45-76(73)88(82-70(60-34-18-6-19-35-60)53-85-54-71(82)61-36-20-7-21-37-61)79-50-65(86-74-39-23-22-38-66(74)67-43-40-64(48-77(67)86)57-28-12-3-13-29-57)49-78(80(79)83)87(75)81-68(58-30-14-4-15-31-58)51-84-52-69(81)59-32-16-5-17-33-59/h1-54H. The van der Waals surface area contributed by atoms with Crippen molar-refractivity contribution in [3.63, 3.8) is 0 Å². The predicted molar refractivity (Wildman–Crippen MR) is 368 cm³/mol. The maximum absolute atomic E-state index is 5.13. The van der Waals surface area contributed by atoms with Crippen molar-refractivity contribution in [3.8, 4) is 83.6 Å². The van der Waals surface area contributed by atoms with E-state index in [1.807, 2.05) is 0 Å². The minimum absolute atomic E-state index is 0.254. The van der Waals surface area contributed by atoms with Gasteiger partial charge in [-0.05, 0) is 108 Å². The topological polar surface area (TPSA) is 37.2 Å². The molecule has 0 radical (unpaired) electrons. The first-order valence-electron chi connectivity index (χ1n) is 30.1. The molecule has 0 spiro atoms. The van der Waals surface area contributed by atoms with Crippen LogP contribution < -0.4 is 26.2 Å². The first-order valence-corrected chi connectivity index (χ1v) is 30.1. The van der Waals surface area contributed by atoms with Crippen LogP contribution in [0.3, 0.4) is 0 Å². The van der Waals surface area contributed by atoms with Crippen molar-refractivity contribution in [2.75, 3.05) is 9.80 Å². The van der Waals surface area contributed by atoms with E-state index in [1.54, 1.807) is 0 Å². The lowest BCUT2D eigenvalue weighted by molar-refractivity contribution is 1.16. The van der Waals surface area contributed by atoms with Gasteiger partial charge in [0.05, 0.1) is 28.1 Å².